The third-order valence-corrected chi connectivity index (χ3v) is 2.78. The Balaban J connectivity index is 2.10. The third-order valence-electron chi connectivity index (χ3n) is 2.14. The number of rotatable bonds is 7. The van der Waals surface area contributed by atoms with E-state index in [0.29, 0.717) is 5.92 Å². The van der Waals surface area contributed by atoms with Crippen molar-refractivity contribution in [3.05, 3.63) is 22.8 Å². The van der Waals surface area contributed by atoms with Crippen molar-refractivity contribution < 1.29 is 4.74 Å². The first-order valence-electron chi connectivity index (χ1n) is 5.62. The van der Waals surface area contributed by atoms with Gasteiger partial charge in [0.15, 0.2) is 0 Å². The number of nitrogens with zero attached hydrogens (tertiary/aromatic N) is 1. The molecule has 0 saturated heterocycles. The monoisotopic (exact) mass is 286 g/mol. The first-order valence-corrected chi connectivity index (χ1v) is 6.41. The van der Waals surface area contributed by atoms with Crippen LogP contribution in [0.2, 0.25) is 0 Å². The maximum atomic E-state index is 5.50. The molecule has 0 amide bonds. The molecule has 90 valence electrons. The Morgan fingerprint density at radius 1 is 1.44 bits per heavy atom. The summed E-state index contributed by atoms with van der Waals surface area (Å²) >= 11 is 3.43. The summed E-state index contributed by atoms with van der Waals surface area (Å²) < 4.78 is 6.48. The Morgan fingerprint density at radius 2 is 2.25 bits per heavy atom. The summed E-state index contributed by atoms with van der Waals surface area (Å²) in [5, 5.41) is 3.22. The Bertz CT molecular complexity index is 305. The Kier molecular flexibility index (Phi) is 6.42. The van der Waals surface area contributed by atoms with E-state index in [4.69, 9.17) is 4.74 Å². The lowest BCUT2D eigenvalue weighted by atomic mass is 10.1. The molecule has 0 aromatic carbocycles. The van der Waals surface area contributed by atoms with Gasteiger partial charge in [-0.1, -0.05) is 13.8 Å². The summed E-state index contributed by atoms with van der Waals surface area (Å²) in [6, 6.07) is 3.86. The van der Waals surface area contributed by atoms with E-state index in [1.165, 1.54) is 0 Å². The van der Waals surface area contributed by atoms with Gasteiger partial charge in [-0.3, -0.25) is 0 Å². The molecule has 0 spiro atoms. The van der Waals surface area contributed by atoms with Gasteiger partial charge in [0.2, 0.25) is 0 Å². The lowest BCUT2D eigenvalue weighted by Crippen LogP contribution is -2.11. The average Bonchev–Trinajstić information content (AvgIpc) is 2.25. The highest BCUT2D eigenvalue weighted by Crippen LogP contribution is 2.17. The first kappa shape index (κ1) is 13.5. The van der Waals surface area contributed by atoms with E-state index >= 15 is 0 Å². The molecule has 1 aromatic heterocycles. The largest absolute Gasteiger partial charge is 0.380 e. The molecule has 3 nitrogen and oxygen atoms in total. The Morgan fingerprint density at radius 3 is 2.94 bits per heavy atom. The summed E-state index contributed by atoms with van der Waals surface area (Å²) in [4.78, 5) is 4.21. The molecule has 1 heterocycles. The number of halogens is 1. The molecule has 0 aliphatic rings. The van der Waals surface area contributed by atoms with E-state index in [1.54, 1.807) is 6.20 Å². The summed E-state index contributed by atoms with van der Waals surface area (Å²) in [5.74, 6) is 1.58. The van der Waals surface area contributed by atoms with Gasteiger partial charge >= 0.3 is 0 Å². The van der Waals surface area contributed by atoms with Crippen LogP contribution in [0.3, 0.4) is 0 Å². The van der Waals surface area contributed by atoms with Crippen molar-refractivity contribution in [1.82, 2.24) is 4.98 Å². The smallest absolute Gasteiger partial charge is 0.140 e. The van der Waals surface area contributed by atoms with Gasteiger partial charge in [-0.15, -0.1) is 0 Å². The van der Waals surface area contributed by atoms with Crippen LogP contribution in [0.5, 0.6) is 0 Å². The van der Waals surface area contributed by atoms with Crippen LogP contribution in [-0.2, 0) is 4.74 Å². The standard InChI is InChI=1S/C12H19BrN2O/c1-10(2)5-8-16-9-7-15-12-11(13)4-3-6-14-12/h3-4,6,10H,5,7-9H2,1-2H3,(H,14,15). The van der Waals surface area contributed by atoms with Crippen LogP contribution in [-0.4, -0.2) is 24.7 Å². The minimum absolute atomic E-state index is 0.706. The van der Waals surface area contributed by atoms with Crippen LogP contribution in [0.1, 0.15) is 20.3 Å². The second-order valence-corrected chi connectivity index (χ2v) is 4.91. The van der Waals surface area contributed by atoms with Crippen molar-refractivity contribution in [1.29, 1.82) is 0 Å². The second-order valence-electron chi connectivity index (χ2n) is 4.06. The maximum Gasteiger partial charge on any atom is 0.140 e. The molecule has 0 atom stereocenters. The van der Waals surface area contributed by atoms with Crippen molar-refractivity contribution in [2.24, 2.45) is 5.92 Å². The van der Waals surface area contributed by atoms with Crippen LogP contribution in [0.15, 0.2) is 22.8 Å². The first-order chi connectivity index (χ1) is 7.70. The second kappa shape index (κ2) is 7.63. The van der Waals surface area contributed by atoms with Crippen LogP contribution in [0.4, 0.5) is 5.82 Å². The Labute approximate surface area is 106 Å². The summed E-state index contributed by atoms with van der Waals surface area (Å²) in [6.45, 7) is 6.74. The highest BCUT2D eigenvalue weighted by atomic mass is 79.9. The number of nitrogens with one attached hydrogen (secondary N) is 1. The van der Waals surface area contributed by atoms with Crippen molar-refractivity contribution in [2.75, 3.05) is 25.1 Å². The van der Waals surface area contributed by atoms with E-state index in [9.17, 15) is 0 Å². The van der Waals surface area contributed by atoms with Gasteiger partial charge in [-0.05, 0) is 40.4 Å². The molecular weight excluding hydrogens is 268 g/mol. The fraction of sp³-hybridized carbons (Fsp3) is 0.583. The molecular formula is C12H19BrN2O. The molecule has 0 bridgehead atoms. The number of pyridine rings is 1. The molecule has 0 aliphatic heterocycles. The van der Waals surface area contributed by atoms with E-state index in [1.807, 2.05) is 12.1 Å². The van der Waals surface area contributed by atoms with E-state index in [2.05, 4.69) is 40.1 Å². The summed E-state index contributed by atoms with van der Waals surface area (Å²) in [6.07, 6.45) is 2.89. The molecule has 1 rings (SSSR count). The van der Waals surface area contributed by atoms with Gasteiger partial charge in [0.05, 0.1) is 11.1 Å². The van der Waals surface area contributed by atoms with E-state index in [-0.39, 0.29) is 0 Å². The van der Waals surface area contributed by atoms with Gasteiger partial charge in [0.1, 0.15) is 5.82 Å². The van der Waals surface area contributed by atoms with Gasteiger partial charge in [-0.2, -0.15) is 0 Å². The van der Waals surface area contributed by atoms with Gasteiger partial charge in [0, 0.05) is 19.3 Å². The van der Waals surface area contributed by atoms with Crippen LogP contribution in [0, 0.1) is 5.92 Å². The van der Waals surface area contributed by atoms with Crippen molar-refractivity contribution in [3.63, 3.8) is 0 Å². The summed E-state index contributed by atoms with van der Waals surface area (Å²) in [7, 11) is 0. The SMILES string of the molecule is CC(C)CCOCCNc1ncccc1Br. The number of ether oxygens (including phenoxy) is 1. The lowest BCUT2D eigenvalue weighted by molar-refractivity contribution is 0.132. The maximum absolute atomic E-state index is 5.50. The zero-order valence-electron chi connectivity index (χ0n) is 9.87. The molecule has 0 aliphatic carbocycles. The molecule has 0 saturated carbocycles. The fourth-order valence-electron chi connectivity index (χ4n) is 1.18. The molecule has 16 heavy (non-hydrogen) atoms. The fourth-order valence-corrected chi connectivity index (χ4v) is 1.57. The average molecular weight is 287 g/mol. The number of hydrogen-bond acceptors (Lipinski definition) is 3. The lowest BCUT2D eigenvalue weighted by Gasteiger charge is -2.08. The van der Waals surface area contributed by atoms with E-state index < -0.39 is 0 Å². The van der Waals surface area contributed by atoms with Crippen molar-refractivity contribution in [2.45, 2.75) is 20.3 Å². The van der Waals surface area contributed by atoms with Gasteiger partial charge in [-0.25, -0.2) is 4.98 Å². The minimum atomic E-state index is 0.706. The topological polar surface area (TPSA) is 34.1 Å². The van der Waals surface area contributed by atoms with Crippen LogP contribution < -0.4 is 5.32 Å². The third kappa shape index (κ3) is 5.47. The number of anilines is 1. The van der Waals surface area contributed by atoms with Crippen molar-refractivity contribution >= 4 is 21.7 Å². The van der Waals surface area contributed by atoms with Crippen LogP contribution >= 0.6 is 15.9 Å². The molecule has 0 radical (unpaired) electrons. The van der Waals surface area contributed by atoms with E-state index in [0.717, 1.165) is 36.5 Å². The normalized spacial score (nSPS) is 10.8. The molecule has 1 N–H and O–H groups in total. The predicted octanol–water partition coefficient (Wildman–Crippen LogP) is 3.32. The van der Waals surface area contributed by atoms with Crippen LogP contribution in [0.25, 0.3) is 0 Å². The molecule has 4 heteroatoms. The predicted molar refractivity (Wildman–Crippen MR) is 70.7 cm³/mol. The molecule has 1 aromatic rings. The number of aromatic nitrogens is 1. The summed E-state index contributed by atoms with van der Waals surface area (Å²) in [5.41, 5.74) is 0. The molecule has 0 fully saturated rings. The zero-order valence-corrected chi connectivity index (χ0v) is 11.5. The molecule has 0 unspecified atom stereocenters. The highest BCUT2D eigenvalue weighted by molar-refractivity contribution is 9.10. The minimum Gasteiger partial charge on any atom is -0.380 e. The Hall–Kier alpha value is -0.610. The zero-order chi connectivity index (χ0) is 11.8. The quantitative estimate of drug-likeness (QED) is 0.781. The van der Waals surface area contributed by atoms with Gasteiger partial charge < -0.3 is 10.1 Å². The number of hydrogen-bond donors (Lipinski definition) is 1. The van der Waals surface area contributed by atoms with Gasteiger partial charge in [0.25, 0.3) is 0 Å². The highest BCUT2D eigenvalue weighted by Gasteiger charge is 1.98. The van der Waals surface area contributed by atoms with Crippen molar-refractivity contribution in [3.8, 4) is 0 Å².